The van der Waals surface area contributed by atoms with Gasteiger partial charge in [0, 0.05) is 18.7 Å². The van der Waals surface area contributed by atoms with Crippen LogP contribution in [0.5, 0.6) is 5.75 Å². The van der Waals surface area contributed by atoms with Gasteiger partial charge >= 0.3 is 0 Å². The van der Waals surface area contributed by atoms with Gasteiger partial charge in [-0.1, -0.05) is 37.1 Å². The van der Waals surface area contributed by atoms with Gasteiger partial charge in [-0.3, -0.25) is 4.79 Å². The van der Waals surface area contributed by atoms with Crippen LogP contribution in [0.1, 0.15) is 42.4 Å². The molecule has 1 aliphatic rings. The number of ether oxygens (including phenoxy) is 1. The van der Waals surface area contributed by atoms with Crippen LogP contribution >= 0.6 is 0 Å². The third-order valence-corrected chi connectivity index (χ3v) is 4.22. The molecule has 7 heteroatoms. The van der Waals surface area contributed by atoms with Gasteiger partial charge in [0.1, 0.15) is 12.4 Å². The van der Waals surface area contributed by atoms with E-state index in [0.29, 0.717) is 6.54 Å². The molecule has 1 aromatic heterocycles. The summed E-state index contributed by atoms with van der Waals surface area (Å²) in [6.45, 7) is 2.55. The number of benzene rings is 1. The number of hydrogen-bond donors (Lipinski definition) is 0. The first kappa shape index (κ1) is 18.1. The highest BCUT2D eigenvalue weighted by molar-refractivity contribution is 5.93. The number of aromatic nitrogens is 1. The zero-order chi connectivity index (χ0) is 18.5. The average molecular weight is 362 g/mol. The van der Waals surface area contributed by atoms with Crippen molar-refractivity contribution in [3.63, 3.8) is 0 Å². The lowest BCUT2D eigenvalue weighted by molar-refractivity contribution is 0.0732. The highest BCUT2D eigenvalue weighted by Gasteiger charge is 2.27. The second-order valence-electron chi connectivity index (χ2n) is 6.14. The molecule has 5 nitrogen and oxygen atoms in total. The number of nitrogens with zero attached hydrogens (tertiary/aromatic N) is 2. The van der Waals surface area contributed by atoms with E-state index < -0.39 is 11.6 Å². The van der Waals surface area contributed by atoms with Crippen molar-refractivity contribution in [3.05, 3.63) is 59.5 Å². The molecule has 1 amide bonds. The maximum atomic E-state index is 13.6. The molecule has 1 atom stereocenters. The molecule has 0 saturated heterocycles. The SMILES string of the molecule is CCCC[C@@H]1C=CCN1C(=O)c1cc(COc2ccc(F)cc2F)on1. The Morgan fingerprint density at radius 1 is 1.38 bits per heavy atom. The van der Waals surface area contributed by atoms with Crippen LogP contribution in [0.3, 0.4) is 0 Å². The van der Waals surface area contributed by atoms with Gasteiger partial charge in [0.05, 0.1) is 6.04 Å². The third-order valence-electron chi connectivity index (χ3n) is 4.22. The summed E-state index contributed by atoms with van der Waals surface area (Å²) in [5.74, 6) is -1.51. The summed E-state index contributed by atoms with van der Waals surface area (Å²) in [4.78, 5) is 14.4. The third kappa shape index (κ3) is 4.09. The van der Waals surface area contributed by atoms with E-state index in [1.54, 1.807) is 4.90 Å². The molecule has 1 aromatic carbocycles. The highest BCUT2D eigenvalue weighted by Crippen LogP contribution is 2.21. The number of amides is 1. The van der Waals surface area contributed by atoms with E-state index >= 15 is 0 Å². The van der Waals surface area contributed by atoms with Gasteiger partial charge in [0.15, 0.2) is 23.0 Å². The smallest absolute Gasteiger partial charge is 0.276 e. The van der Waals surface area contributed by atoms with Crippen LogP contribution in [0.4, 0.5) is 8.78 Å². The van der Waals surface area contributed by atoms with Crippen LogP contribution in [0.25, 0.3) is 0 Å². The lowest BCUT2D eigenvalue weighted by Gasteiger charge is -2.23. The number of carbonyl (C=O) groups excluding carboxylic acids is 1. The highest BCUT2D eigenvalue weighted by atomic mass is 19.1. The normalized spacial score (nSPS) is 16.3. The number of rotatable bonds is 7. The number of hydrogen-bond acceptors (Lipinski definition) is 4. The fourth-order valence-corrected chi connectivity index (χ4v) is 2.84. The van der Waals surface area contributed by atoms with Gasteiger partial charge in [-0.2, -0.15) is 0 Å². The Balaban J connectivity index is 1.61. The molecular formula is C19H20F2N2O3. The molecule has 0 saturated carbocycles. The van der Waals surface area contributed by atoms with Crippen molar-refractivity contribution in [1.82, 2.24) is 10.1 Å². The van der Waals surface area contributed by atoms with E-state index in [2.05, 4.69) is 12.1 Å². The minimum absolute atomic E-state index is 0.0761. The zero-order valence-electron chi connectivity index (χ0n) is 14.5. The lowest BCUT2D eigenvalue weighted by atomic mass is 10.1. The van der Waals surface area contributed by atoms with E-state index in [-0.39, 0.29) is 35.8 Å². The second kappa shape index (κ2) is 8.12. The topological polar surface area (TPSA) is 55.6 Å². The van der Waals surface area contributed by atoms with Crippen LogP contribution in [0.2, 0.25) is 0 Å². The molecular weight excluding hydrogens is 342 g/mol. The molecule has 0 fully saturated rings. The van der Waals surface area contributed by atoms with Crippen molar-refractivity contribution in [3.8, 4) is 5.75 Å². The van der Waals surface area contributed by atoms with Gasteiger partial charge in [-0.05, 0) is 18.6 Å². The number of halogens is 2. The van der Waals surface area contributed by atoms with Gasteiger partial charge in [0.2, 0.25) is 0 Å². The monoisotopic (exact) mass is 362 g/mol. The molecule has 1 aliphatic heterocycles. The molecule has 2 aromatic rings. The quantitative estimate of drug-likeness (QED) is 0.696. The first-order chi connectivity index (χ1) is 12.6. The minimum atomic E-state index is -0.803. The summed E-state index contributed by atoms with van der Waals surface area (Å²) in [6.07, 6.45) is 7.03. The maximum Gasteiger partial charge on any atom is 0.276 e. The predicted molar refractivity (Wildman–Crippen MR) is 90.7 cm³/mol. The fraction of sp³-hybridized carbons (Fsp3) is 0.368. The molecule has 0 N–H and O–H groups in total. The van der Waals surface area contributed by atoms with Gasteiger partial charge in [0.25, 0.3) is 5.91 Å². The molecule has 2 heterocycles. The summed E-state index contributed by atoms with van der Waals surface area (Å²) in [6, 6.07) is 4.60. The summed E-state index contributed by atoms with van der Waals surface area (Å²) in [5, 5.41) is 3.80. The molecule has 0 aliphatic carbocycles. The zero-order valence-corrected chi connectivity index (χ0v) is 14.5. The Hall–Kier alpha value is -2.70. The number of carbonyl (C=O) groups is 1. The Labute approximate surface area is 150 Å². The van der Waals surface area contributed by atoms with Crippen LogP contribution < -0.4 is 4.74 Å². The summed E-state index contributed by atoms with van der Waals surface area (Å²) in [5.41, 5.74) is 0.188. The Bertz CT molecular complexity index is 804. The Morgan fingerprint density at radius 3 is 3.00 bits per heavy atom. The molecule has 0 radical (unpaired) electrons. The average Bonchev–Trinajstić information content (AvgIpc) is 3.28. The van der Waals surface area contributed by atoms with E-state index in [1.807, 2.05) is 12.2 Å². The van der Waals surface area contributed by atoms with E-state index in [0.717, 1.165) is 31.4 Å². The van der Waals surface area contributed by atoms with Crippen molar-refractivity contribution >= 4 is 5.91 Å². The van der Waals surface area contributed by atoms with E-state index in [4.69, 9.17) is 9.26 Å². The Morgan fingerprint density at radius 2 is 2.23 bits per heavy atom. The van der Waals surface area contributed by atoms with E-state index in [1.165, 1.54) is 12.1 Å². The molecule has 0 unspecified atom stereocenters. The van der Waals surface area contributed by atoms with E-state index in [9.17, 15) is 13.6 Å². The molecule has 0 bridgehead atoms. The number of unbranched alkanes of at least 4 members (excludes halogenated alkanes) is 1. The van der Waals surface area contributed by atoms with Crippen molar-refractivity contribution in [2.24, 2.45) is 0 Å². The van der Waals surface area contributed by atoms with Crippen LogP contribution in [0.15, 0.2) is 40.9 Å². The fourth-order valence-electron chi connectivity index (χ4n) is 2.84. The molecule has 0 spiro atoms. The van der Waals surface area contributed by atoms with Gasteiger partial charge in [-0.25, -0.2) is 8.78 Å². The molecule has 3 rings (SSSR count). The summed E-state index contributed by atoms with van der Waals surface area (Å²) < 4.78 is 36.8. The maximum absolute atomic E-state index is 13.6. The lowest BCUT2D eigenvalue weighted by Crippen LogP contribution is -2.36. The summed E-state index contributed by atoms with van der Waals surface area (Å²) in [7, 11) is 0. The van der Waals surface area contributed by atoms with Crippen LogP contribution in [0, 0.1) is 11.6 Å². The Kier molecular flexibility index (Phi) is 5.65. The largest absolute Gasteiger partial charge is 0.482 e. The first-order valence-electron chi connectivity index (χ1n) is 8.59. The van der Waals surface area contributed by atoms with Gasteiger partial charge in [-0.15, -0.1) is 0 Å². The van der Waals surface area contributed by atoms with Crippen LogP contribution in [-0.2, 0) is 6.61 Å². The molecule has 26 heavy (non-hydrogen) atoms. The second-order valence-corrected chi connectivity index (χ2v) is 6.14. The van der Waals surface area contributed by atoms with Crippen molar-refractivity contribution in [2.75, 3.05) is 6.54 Å². The molecule has 138 valence electrons. The van der Waals surface area contributed by atoms with Crippen molar-refractivity contribution < 1.29 is 22.8 Å². The standard InChI is InChI=1S/C19H20F2N2O3/c1-2-3-5-14-6-4-9-23(14)19(24)17-11-15(26-22-17)12-25-18-8-7-13(20)10-16(18)21/h4,6-8,10-11,14H,2-3,5,9,12H2,1H3/t14-/m1/s1. The van der Waals surface area contributed by atoms with Gasteiger partial charge < -0.3 is 14.2 Å². The van der Waals surface area contributed by atoms with Crippen LogP contribution in [-0.4, -0.2) is 28.6 Å². The minimum Gasteiger partial charge on any atom is -0.482 e. The predicted octanol–water partition coefficient (Wildman–Crippen LogP) is 4.10. The van der Waals surface area contributed by atoms with Crippen molar-refractivity contribution in [1.29, 1.82) is 0 Å². The van der Waals surface area contributed by atoms with Crippen molar-refractivity contribution in [2.45, 2.75) is 38.8 Å². The summed E-state index contributed by atoms with van der Waals surface area (Å²) >= 11 is 0. The first-order valence-corrected chi connectivity index (χ1v) is 8.59.